The van der Waals surface area contributed by atoms with Gasteiger partial charge in [-0.25, -0.2) is 9.37 Å². The van der Waals surface area contributed by atoms with E-state index in [2.05, 4.69) is 4.98 Å². The van der Waals surface area contributed by atoms with Crippen LogP contribution in [0.5, 0.6) is 0 Å². The second-order valence-electron chi connectivity index (χ2n) is 6.07. The second kappa shape index (κ2) is 6.84. The number of rotatable bonds is 4. The van der Waals surface area contributed by atoms with Gasteiger partial charge in [-0.1, -0.05) is 23.8 Å². The number of aryl methyl sites for hydroxylation is 1. The van der Waals surface area contributed by atoms with E-state index in [-0.39, 0.29) is 23.8 Å². The third-order valence-corrected chi connectivity index (χ3v) is 4.04. The van der Waals surface area contributed by atoms with Gasteiger partial charge in [0.1, 0.15) is 12.4 Å². The fourth-order valence-electron chi connectivity index (χ4n) is 2.60. The molecule has 0 saturated heterocycles. The number of carbonyl (C=O) groups is 1. The summed E-state index contributed by atoms with van der Waals surface area (Å²) in [5.74, 6) is -0.540. The molecular weight excluding hydrogens is 321 g/mol. The van der Waals surface area contributed by atoms with Crippen LogP contribution >= 0.6 is 0 Å². The largest absolute Gasteiger partial charge is 0.340 e. The Morgan fingerprint density at radius 2 is 1.92 bits per heavy atom. The molecule has 0 aliphatic rings. The summed E-state index contributed by atoms with van der Waals surface area (Å²) >= 11 is 0. The highest BCUT2D eigenvalue weighted by molar-refractivity contribution is 5.79. The number of nitrogens with zero attached hydrogens (tertiary/aromatic N) is 3. The molecule has 6 heteroatoms. The molecule has 1 amide bonds. The van der Waals surface area contributed by atoms with Crippen molar-refractivity contribution in [1.82, 2.24) is 14.5 Å². The molecule has 0 unspecified atom stereocenters. The van der Waals surface area contributed by atoms with Crippen LogP contribution in [0.3, 0.4) is 0 Å². The van der Waals surface area contributed by atoms with Crippen molar-refractivity contribution >= 4 is 16.8 Å². The quantitative estimate of drug-likeness (QED) is 0.734. The van der Waals surface area contributed by atoms with Crippen molar-refractivity contribution in [2.75, 3.05) is 7.05 Å². The first-order valence-electron chi connectivity index (χ1n) is 7.88. The molecule has 5 nitrogen and oxygen atoms in total. The van der Waals surface area contributed by atoms with Crippen molar-refractivity contribution in [3.05, 3.63) is 76.1 Å². The summed E-state index contributed by atoms with van der Waals surface area (Å²) in [6.07, 6.45) is 1.39. The van der Waals surface area contributed by atoms with Crippen LogP contribution in [-0.2, 0) is 17.9 Å². The van der Waals surface area contributed by atoms with Crippen LogP contribution in [0.2, 0.25) is 0 Å². The summed E-state index contributed by atoms with van der Waals surface area (Å²) in [6.45, 7) is 2.15. The van der Waals surface area contributed by atoms with Crippen molar-refractivity contribution in [3.63, 3.8) is 0 Å². The van der Waals surface area contributed by atoms with Crippen molar-refractivity contribution < 1.29 is 9.18 Å². The van der Waals surface area contributed by atoms with Gasteiger partial charge >= 0.3 is 0 Å². The van der Waals surface area contributed by atoms with Gasteiger partial charge < -0.3 is 4.90 Å². The maximum atomic E-state index is 12.9. The van der Waals surface area contributed by atoms with E-state index in [0.717, 1.165) is 11.1 Å². The van der Waals surface area contributed by atoms with Crippen LogP contribution in [0.4, 0.5) is 4.39 Å². The zero-order chi connectivity index (χ0) is 18.0. The first kappa shape index (κ1) is 16.8. The van der Waals surface area contributed by atoms with Gasteiger partial charge in [-0.2, -0.15) is 0 Å². The molecule has 0 spiro atoms. The maximum Gasteiger partial charge on any atom is 0.261 e. The van der Waals surface area contributed by atoms with Gasteiger partial charge in [-0.3, -0.25) is 14.2 Å². The van der Waals surface area contributed by atoms with Gasteiger partial charge in [-0.15, -0.1) is 0 Å². The molecule has 0 radical (unpaired) electrons. The Labute approximate surface area is 144 Å². The molecule has 1 aromatic heterocycles. The van der Waals surface area contributed by atoms with Crippen molar-refractivity contribution in [2.24, 2.45) is 0 Å². The van der Waals surface area contributed by atoms with Crippen LogP contribution in [0.1, 0.15) is 11.1 Å². The van der Waals surface area contributed by atoms with Crippen LogP contribution in [0, 0.1) is 12.7 Å². The van der Waals surface area contributed by atoms with Crippen molar-refractivity contribution in [3.8, 4) is 0 Å². The van der Waals surface area contributed by atoms with Crippen LogP contribution in [-0.4, -0.2) is 27.4 Å². The van der Waals surface area contributed by atoms with E-state index in [1.807, 2.05) is 13.0 Å². The third kappa shape index (κ3) is 3.74. The Bertz CT molecular complexity index is 980. The standard InChI is InChI=1S/C19H18FN3O2/c1-13-3-8-17-16(9-13)19(25)23(12-21-17)11-18(24)22(2)10-14-4-6-15(20)7-5-14/h3-9,12H,10-11H2,1-2H3. The van der Waals surface area contributed by atoms with Gasteiger partial charge in [0.25, 0.3) is 5.56 Å². The zero-order valence-electron chi connectivity index (χ0n) is 14.1. The predicted octanol–water partition coefficient (Wildman–Crippen LogP) is 2.50. The van der Waals surface area contributed by atoms with E-state index < -0.39 is 0 Å². The lowest BCUT2D eigenvalue weighted by molar-refractivity contribution is -0.131. The lowest BCUT2D eigenvalue weighted by atomic mass is 10.2. The van der Waals surface area contributed by atoms with E-state index in [4.69, 9.17) is 0 Å². The van der Waals surface area contributed by atoms with Crippen molar-refractivity contribution in [1.29, 1.82) is 0 Å². The molecule has 3 aromatic rings. The minimum absolute atomic E-state index is 0.0899. The van der Waals surface area contributed by atoms with Gasteiger partial charge in [0.2, 0.25) is 5.91 Å². The summed E-state index contributed by atoms with van der Waals surface area (Å²) in [7, 11) is 1.65. The monoisotopic (exact) mass is 339 g/mol. The van der Waals surface area contributed by atoms with Gasteiger partial charge in [-0.05, 0) is 36.8 Å². The normalized spacial score (nSPS) is 10.8. The van der Waals surface area contributed by atoms with Crippen LogP contribution in [0.15, 0.2) is 53.6 Å². The fourth-order valence-corrected chi connectivity index (χ4v) is 2.60. The second-order valence-corrected chi connectivity index (χ2v) is 6.07. The minimum atomic E-state index is -0.318. The number of amides is 1. The maximum absolute atomic E-state index is 12.9. The Balaban J connectivity index is 1.78. The van der Waals surface area contributed by atoms with Gasteiger partial charge in [0.15, 0.2) is 0 Å². The molecule has 25 heavy (non-hydrogen) atoms. The highest BCUT2D eigenvalue weighted by Gasteiger charge is 2.13. The number of hydrogen-bond acceptors (Lipinski definition) is 3. The Morgan fingerprint density at radius 3 is 2.64 bits per heavy atom. The van der Waals surface area contributed by atoms with E-state index >= 15 is 0 Å². The molecule has 0 atom stereocenters. The summed E-state index contributed by atoms with van der Waals surface area (Å²) in [4.78, 5) is 30.7. The molecule has 0 aliphatic heterocycles. The zero-order valence-corrected chi connectivity index (χ0v) is 14.1. The number of carbonyl (C=O) groups excluding carboxylic acids is 1. The lowest BCUT2D eigenvalue weighted by Gasteiger charge is -2.18. The number of aromatic nitrogens is 2. The number of fused-ring (bicyclic) bond motifs is 1. The SMILES string of the molecule is Cc1ccc2ncn(CC(=O)N(C)Cc3ccc(F)cc3)c(=O)c2c1. The molecular formula is C19H18FN3O2. The average Bonchev–Trinajstić information content (AvgIpc) is 2.59. The topological polar surface area (TPSA) is 55.2 Å². The first-order chi connectivity index (χ1) is 11.9. The number of hydrogen-bond donors (Lipinski definition) is 0. The molecule has 0 aliphatic carbocycles. The highest BCUT2D eigenvalue weighted by Crippen LogP contribution is 2.09. The minimum Gasteiger partial charge on any atom is -0.340 e. The molecule has 1 heterocycles. The molecule has 2 aromatic carbocycles. The van der Waals surface area contributed by atoms with Crippen molar-refractivity contribution in [2.45, 2.75) is 20.0 Å². The summed E-state index contributed by atoms with van der Waals surface area (Å²) in [6, 6.07) is 11.4. The smallest absolute Gasteiger partial charge is 0.261 e. The van der Waals surface area contributed by atoms with E-state index in [1.165, 1.54) is 27.9 Å². The van der Waals surface area contributed by atoms with E-state index in [1.54, 1.807) is 31.3 Å². The number of halogens is 1. The molecule has 128 valence electrons. The van der Waals surface area contributed by atoms with Gasteiger partial charge in [0, 0.05) is 13.6 Å². The molecule has 0 fully saturated rings. The molecule has 0 bridgehead atoms. The highest BCUT2D eigenvalue weighted by atomic mass is 19.1. The number of likely N-dealkylation sites (N-methyl/N-ethyl adjacent to an activating group) is 1. The Morgan fingerprint density at radius 1 is 1.20 bits per heavy atom. The third-order valence-electron chi connectivity index (χ3n) is 4.04. The summed E-state index contributed by atoms with van der Waals surface area (Å²) in [5.41, 5.74) is 2.15. The molecule has 0 N–H and O–H groups in total. The predicted molar refractivity (Wildman–Crippen MR) is 93.6 cm³/mol. The van der Waals surface area contributed by atoms with Crippen LogP contribution in [0.25, 0.3) is 10.9 Å². The average molecular weight is 339 g/mol. The lowest BCUT2D eigenvalue weighted by Crippen LogP contribution is -2.33. The Kier molecular flexibility index (Phi) is 4.61. The summed E-state index contributed by atoms with van der Waals surface area (Å²) in [5, 5.41) is 0.497. The fraction of sp³-hybridized carbons (Fsp3) is 0.211. The molecule has 0 saturated carbocycles. The van der Waals surface area contributed by atoms with Gasteiger partial charge in [0.05, 0.1) is 17.2 Å². The van der Waals surface area contributed by atoms with E-state index in [0.29, 0.717) is 17.4 Å². The Hall–Kier alpha value is -3.02. The first-order valence-corrected chi connectivity index (χ1v) is 7.88. The summed E-state index contributed by atoms with van der Waals surface area (Å²) < 4.78 is 14.3. The molecule has 3 rings (SSSR count). The van der Waals surface area contributed by atoms with Crippen LogP contribution < -0.4 is 5.56 Å². The number of benzene rings is 2. The van der Waals surface area contributed by atoms with E-state index in [9.17, 15) is 14.0 Å².